The van der Waals surface area contributed by atoms with Gasteiger partial charge in [-0.05, 0) is 40.0 Å². The Morgan fingerprint density at radius 3 is 2.46 bits per heavy atom. The second kappa shape index (κ2) is 9.26. The van der Waals surface area contributed by atoms with Gasteiger partial charge in [-0.15, -0.1) is 0 Å². The maximum atomic E-state index is 12.3. The lowest BCUT2D eigenvalue weighted by atomic mass is 9.96. The number of carbonyl (C=O) groups is 1. The molecule has 0 radical (unpaired) electrons. The molecule has 0 spiro atoms. The number of aryl methyl sites for hydroxylation is 1. The standard InChI is InChI=1S/C19H33N3O5S/c1-6-7-16-14-22(12-13-26-28(5,24)25)17(20-16)15-8-10-21(11-9-15)18(23)27-19(2,3)4/h14-15H,6-13H2,1-5H3. The van der Waals surface area contributed by atoms with Crippen molar-refractivity contribution in [3.63, 3.8) is 0 Å². The number of rotatable bonds is 7. The molecular weight excluding hydrogens is 382 g/mol. The molecule has 0 saturated carbocycles. The minimum atomic E-state index is -3.46. The number of ether oxygens (including phenoxy) is 1. The van der Waals surface area contributed by atoms with Crippen LogP contribution in [0.3, 0.4) is 0 Å². The molecule has 0 aliphatic carbocycles. The van der Waals surface area contributed by atoms with Gasteiger partial charge in [-0.25, -0.2) is 9.78 Å². The summed E-state index contributed by atoms with van der Waals surface area (Å²) in [5, 5.41) is 0. The van der Waals surface area contributed by atoms with E-state index in [2.05, 4.69) is 6.92 Å². The molecule has 1 aliphatic heterocycles. The Bertz CT molecular complexity index is 759. The van der Waals surface area contributed by atoms with Gasteiger partial charge >= 0.3 is 6.09 Å². The summed E-state index contributed by atoms with van der Waals surface area (Å²) < 4.78 is 34.8. The van der Waals surface area contributed by atoms with Crippen LogP contribution in [0.25, 0.3) is 0 Å². The second-order valence-corrected chi connectivity index (χ2v) is 9.95. The number of aromatic nitrogens is 2. The number of likely N-dealkylation sites (tertiary alicyclic amines) is 1. The molecule has 0 aromatic carbocycles. The molecule has 28 heavy (non-hydrogen) atoms. The quantitative estimate of drug-likeness (QED) is 0.636. The average Bonchev–Trinajstić information content (AvgIpc) is 2.95. The largest absolute Gasteiger partial charge is 0.444 e. The summed E-state index contributed by atoms with van der Waals surface area (Å²) in [6.45, 7) is 9.46. The second-order valence-electron chi connectivity index (χ2n) is 8.30. The van der Waals surface area contributed by atoms with Crippen molar-refractivity contribution in [1.29, 1.82) is 0 Å². The van der Waals surface area contributed by atoms with E-state index in [4.69, 9.17) is 13.9 Å². The van der Waals surface area contributed by atoms with Gasteiger partial charge in [0.05, 0.1) is 18.6 Å². The van der Waals surface area contributed by atoms with E-state index >= 15 is 0 Å². The number of nitrogens with zero attached hydrogens (tertiary/aromatic N) is 3. The monoisotopic (exact) mass is 415 g/mol. The maximum absolute atomic E-state index is 12.3. The highest BCUT2D eigenvalue weighted by molar-refractivity contribution is 7.85. The number of carbonyl (C=O) groups excluding carboxylic acids is 1. The summed E-state index contributed by atoms with van der Waals surface area (Å²) in [6.07, 6.45) is 6.24. The fourth-order valence-corrected chi connectivity index (χ4v) is 3.68. The Hall–Kier alpha value is -1.61. The zero-order valence-corrected chi connectivity index (χ0v) is 18.4. The Labute approximate surface area is 168 Å². The van der Waals surface area contributed by atoms with Gasteiger partial charge in [-0.2, -0.15) is 8.42 Å². The number of imidazole rings is 1. The lowest BCUT2D eigenvalue weighted by Crippen LogP contribution is -2.41. The molecule has 0 N–H and O–H groups in total. The smallest absolute Gasteiger partial charge is 0.410 e. The van der Waals surface area contributed by atoms with Crippen molar-refractivity contribution in [2.24, 2.45) is 0 Å². The van der Waals surface area contributed by atoms with Gasteiger partial charge in [0, 0.05) is 31.7 Å². The highest BCUT2D eigenvalue weighted by atomic mass is 32.2. The lowest BCUT2D eigenvalue weighted by Gasteiger charge is -2.33. The Morgan fingerprint density at radius 1 is 1.29 bits per heavy atom. The first-order valence-electron chi connectivity index (χ1n) is 9.87. The van der Waals surface area contributed by atoms with Gasteiger partial charge in [-0.3, -0.25) is 4.18 Å². The van der Waals surface area contributed by atoms with E-state index in [0.717, 1.165) is 43.5 Å². The van der Waals surface area contributed by atoms with Gasteiger partial charge in [0.25, 0.3) is 10.1 Å². The molecule has 0 bridgehead atoms. The van der Waals surface area contributed by atoms with Crippen LogP contribution in [0.4, 0.5) is 4.79 Å². The number of hydrogen-bond acceptors (Lipinski definition) is 6. The van der Waals surface area contributed by atoms with E-state index in [-0.39, 0.29) is 18.6 Å². The van der Waals surface area contributed by atoms with Crippen molar-refractivity contribution in [2.75, 3.05) is 26.0 Å². The highest BCUT2D eigenvalue weighted by Crippen LogP contribution is 2.28. The predicted octanol–water partition coefficient (Wildman–Crippen LogP) is 2.93. The zero-order valence-electron chi connectivity index (χ0n) is 17.6. The minimum absolute atomic E-state index is 0.0878. The van der Waals surface area contributed by atoms with Crippen LogP contribution in [0.2, 0.25) is 0 Å². The molecule has 1 aromatic heterocycles. The van der Waals surface area contributed by atoms with Crippen LogP contribution in [0.1, 0.15) is 64.4 Å². The van der Waals surface area contributed by atoms with Crippen molar-refractivity contribution in [2.45, 2.75) is 71.4 Å². The maximum Gasteiger partial charge on any atom is 0.410 e. The van der Waals surface area contributed by atoms with E-state index in [1.165, 1.54) is 0 Å². The number of hydrogen-bond donors (Lipinski definition) is 0. The number of amides is 1. The van der Waals surface area contributed by atoms with Gasteiger partial charge in [0.15, 0.2) is 0 Å². The van der Waals surface area contributed by atoms with Crippen molar-refractivity contribution < 1.29 is 22.1 Å². The molecule has 2 heterocycles. The molecule has 1 amide bonds. The van der Waals surface area contributed by atoms with E-state index in [9.17, 15) is 13.2 Å². The third-order valence-electron chi connectivity index (χ3n) is 4.50. The molecule has 1 aromatic rings. The van der Waals surface area contributed by atoms with Crippen molar-refractivity contribution in [1.82, 2.24) is 14.5 Å². The van der Waals surface area contributed by atoms with Crippen LogP contribution in [0, 0.1) is 0 Å². The number of piperidine rings is 1. The average molecular weight is 416 g/mol. The van der Waals surface area contributed by atoms with Gasteiger partial charge in [-0.1, -0.05) is 13.3 Å². The summed E-state index contributed by atoms with van der Waals surface area (Å²) in [4.78, 5) is 18.8. The Balaban J connectivity index is 2.03. The van der Waals surface area contributed by atoms with E-state index in [1.807, 2.05) is 31.5 Å². The molecule has 8 nitrogen and oxygen atoms in total. The molecule has 160 valence electrons. The Morgan fingerprint density at radius 2 is 1.93 bits per heavy atom. The molecule has 1 fully saturated rings. The van der Waals surface area contributed by atoms with Crippen LogP contribution in [-0.2, 0) is 32.0 Å². The first-order chi connectivity index (χ1) is 13.0. The molecule has 2 rings (SSSR count). The van der Waals surface area contributed by atoms with Crippen LogP contribution >= 0.6 is 0 Å². The fraction of sp³-hybridized carbons (Fsp3) is 0.789. The molecule has 0 unspecified atom stereocenters. The van der Waals surface area contributed by atoms with Crippen LogP contribution in [0.15, 0.2) is 6.20 Å². The van der Waals surface area contributed by atoms with Crippen LogP contribution in [0.5, 0.6) is 0 Å². The van der Waals surface area contributed by atoms with Crippen molar-refractivity contribution in [3.05, 3.63) is 17.7 Å². The SMILES string of the molecule is CCCc1cn(CCOS(C)(=O)=O)c(C2CCN(C(=O)OC(C)(C)C)CC2)n1. The van der Waals surface area contributed by atoms with Crippen LogP contribution in [-0.4, -0.2) is 60.5 Å². The van der Waals surface area contributed by atoms with Crippen LogP contribution < -0.4 is 0 Å². The minimum Gasteiger partial charge on any atom is -0.444 e. The summed E-state index contributed by atoms with van der Waals surface area (Å²) in [5.41, 5.74) is 0.505. The van der Waals surface area contributed by atoms with E-state index in [0.29, 0.717) is 19.6 Å². The molecular formula is C19H33N3O5S. The van der Waals surface area contributed by atoms with Gasteiger partial charge < -0.3 is 14.2 Å². The summed E-state index contributed by atoms with van der Waals surface area (Å²) in [5.74, 6) is 1.17. The summed E-state index contributed by atoms with van der Waals surface area (Å²) >= 11 is 0. The predicted molar refractivity (Wildman–Crippen MR) is 107 cm³/mol. The van der Waals surface area contributed by atoms with Crippen molar-refractivity contribution in [3.8, 4) is 0 Å². The third kappa shape index (κ3) is 7.09. The first kappa shape index (κ1) is 22.7. The lowest BCUT2D eigenvalue weighted by molar-refractivity contribution is 0.0202. The summed E-state index contributed by atoms with van der Waals surface area (Å²) in [7, 11) is -3.46. The van der Waals surface area contributed by atoms with E-state index in [1.54, 1.807) is 4.90 Å². The molecule has 1 saturated heterocycles. The Kier molecular flexibility index (Phi) is 7.50. The molecule has 0 atom stereocenters. The highest BCUT2D eigenvalue weighted by Gasteiger charge is 2.29. The fourth-order valence-electron chi connectivity index (χ4n) is 3.30. The topological polar surface area (TPSA) is 90.7 Å². The van der Waals surface area contributed by atoms with Gasteiger partial charge in [0.2, 0.25) is 0 Å². The molecule has 1 aliphatic rings. The normalized spacial score (nSPS) is 16.4. The van der Waals surface area contributed by atoms with Crippen molar-refractivity contribution >= 4 is 16.2 Å². The first-order valence-corrected chi connectivity index (χ1v) is 11.7. The zero-order chi connectivity index (χ0) is 20.9. The third-order valence-corrected chi connectivity index (χ3v) is 5.10. The molecule has 9 heteroatoms. The van der Waals surface area contributed by atoms with Gasteiger partial charge in [0.1, 0.15) is 11.4 Å². The van der Waals surface area contributed by atoms with E-state index < -0.39 is 15.7 Å². The summed E-state index contributed by atoms with van der Waals surface area (Å²) in [6, 6.07) is 0.